The predicted octanol–water partition coefficient (Wildman–Crippen LogP) is 1.55. The molecule has 1 amide bonds. The third-order valence-electron chi connectivity index (χ3n) is 6.46. The lowest BCUT2D eigenvalue weighted by Crippen LogP contribution is -2.52. The molecule has 0 radical (unpaired) electrons. The van der Waals surface area contributed by atoms with E-state index in [0.29, 0.717) is 22.9 Å². The van der Waals surface area contributed by atoms with Crippen molar-refractivity contribution in [3.05, 3.63) is 34.9 Å². The lowest BCUT2D eigenvalue weighted by atomic mass is 10.1. The molecule has 1 aliphatic carbocycles. The number of nitrogens with zero attached hydrogens (tertiary/aromatic N) is 5. The van der Waals surface area contributed by atoms with Gasteiger partial charge in [-0.05, 0) is 37.5 Å². The third-order valence-corrected chi connectivity index (χ3v) is 6.46. The average Bonchev–Trinajstić information content (AvgIpc) is 3.51. The maximum absolute atomic E-state index is 12.7. The van der Waals surface area contributed by atoms with E-state index < -0.39 is 18.5 Å². The highest BCUT2D eigenvalue weighted by Gasteiger charge is 2.43. The minimum atomic E-state index is -2.60. The summed E-state index contributed by atoms with van der Waals surface area (Å²) in [5, 5.41) is 0.345. The lowest BCUT2D eigenvalue weighted by Gasteiger charge is -2.38. The molecular weight excluding hydrogens is 392 g/mol. The normalized spacial score (nSPS) is 23.2. The van der Waals surface area contributed by atoms with Crippen molar-refractivity contribution >= 4 is 22.5 Å². The first-order valence-electron chi connectivity index (χ1n) is 10.6. The van der Waals surface area contributed by atoms with Crippen LogP contribution in [0.25, 0.3) is 10.9 Å². The Morgan fingerprint density at radius 1 is 1.03 bits per heavy atom. The molecule has 1 saturated carbocycles. The van der Waals surface area contributed by atoms with Gasteiger partial charge in [0.05, 0.1) is 29.8 Å². The Hall–Kier alpha value is -2.55. The van der Waals surface area contributed by atoms with Crippen molar-refractivity contribution in [3.63, 3.8) is 0 Å². The number of likely N-dealkylation sites (tertiary alicyclic amines) is 1. The van der Waals surface area contributed by atoms with Gasteiger partial charge in [0.2, 0.25) is 5.91 Å². The quantitative estimate of drug-likeness (QED) is 0.739. The van der Waals surface area contributed by atoms with Gasteiger partial charge in [0.15, 0.2) is 0 Å². The standard InChI is InChI=1S/C21H25F2N5O2/c22-19(23)12-27-13-24-17-11-15(3-4-16(17)20(27)29)25-7-9-26(10-8-25)18-5-6-28(21(18)30)14-1-2-14/h3-4,11,13-14,18-19H,1-2,5-10,12H2. The van der Waals surface area contributed by atoms with E-state index in [1.54, 1.807) is 6.07 Å². The molecule has 0 spiro atoms. The number of benzene rings is 1. The maximum atomic E-state index is 12.7. The predicted molar refractivity (Wildman–Crippen MR) is 109 cm³/mol. The highest BCUT2D eigenvalue weighted by molar-refractivity contribution is 5.84. The minimum absolute atomic E-state index is 0.0133. The van der Waals surface area contributed by atoms with Crippen LogP contribution in [0.2, 0.25) is 0 Å². The van der Waals surface area contributed by atoms with E-state index in [9.17, 15) is 18.4 Å². The van der Waals surface area contributed by atoms with Crippen LogP contribution in [0.15, 0.2) is 29.3 Å². The number of hydrogen-bond acceptors (Lipinski definition) is 5. The van der Waals surface area contributed by atoms with Crippen LogP contribution in [-0.2, 0) is 11.3 Å². The second-order valence-corrected chi connectivity index (χ2v) is 8.38. The molecule has 3 aliphatic rings. The van der Waals surface area contributed by atoms with Crippen LogP contribution in [0, 0.1) is 0 Å². The molecule has 0 N–H and O–H groups in total. The summed E-state index contributed by atoms with van der Waals surface area (Å²) in [5.74, 6) is 0.293. The first-order chi connectivity index (χ1) is 14.5. The molecule has 2 aliphatic heterocycles. The second kappa shape index (κ2) is 7.61. The van der Waals surface area contributed by atoms with Crippen LogP contribution in [0.4, 0.5) is 14.5 Å². The van der Waals surface area contributed by atoms with Gasteiger partial charge in [-0.2, -0.15) is 0 Å². The first kappa shape index (κ1) is 19.4. The largest absolute Gasteiger partial charge is 0.369 e. The molecule has 9 heteroatoms. The van der Waals surface area contributed by atoms with E-state index in [0.717, 1.165) is 62.2 Å². The lowest BCUT2D eigenvalue weighted by molar-refractivity contribution is -0.132. The van der Waals surface area contributed by atoms with E-state index in [4.69, 9.17) is 0 Å². The number of aromatic nitrogens is 2. The highest BCUT2D eigenvalue weighted by atomic mass is 19.3. The Kier molecular flexibility index (Phi) is 4.92. The number of piperazine rings is 1. The Bertz CT molecular complexity index is 1010. The number of amides is 1. The van der Waals surface area contributed by atoms with Gasteiger partial charge < -0.3 is 9.80 Å². The molecule has 160 valence electrons. The zero-order chi connectivity index (χ0) is 20.8. The zero-order valence-electron chi connectivity index (χ0n) is 16.7. The highest BCUT2D eigenvalue weighted by Crippen LogP contribution is 2.32. The van der Waals surface area contributed by atoms with Gasteiger partial charge in [0, 0.05) is 44.5 Å². The van der Waals surface area contributed by atoms with Crippen LogP contribution in [0.3, 0.4) is 0 Å². The van der Waals surface area contributed by atoms with Crippen molar-refractivity contribution in [2.75, 3.05) is 37.6 Å². The SMILES string of the molecule is O=C1C(N2CCN(c3ccc4c(=O)n(CC(F)F)cnc4c3)CC2)CCN1C1CC1. The summed E-state index contributed by atoms with van der Waals surface area (Å²) in [6, 6.07) is 5.86. The van der Waals surface area contributed by atoms with E-state index in [1.165, 1.54) is 6.33 Å². The van der Waals surface area contributed by atoms with Gasteiger partial charge in [-0.15, -0.1) is 0 Å². The molecule has 3 fully saturated rings. The molecule has 2 aromatic rings. The van der Waals surface area contributed by atoms with Crippen molar-refractivity contribution in [1.29, 1.82) is 0 Å². The number of rotatable bonds is 5. The smallest absolute Gasteiger partial charge is 0.261 e. The Labute approximate surface area is 172 Å². The number of halogens is 2. The second-order valence-electron chi connectivity index (χ2n) is 8.38. The Balaban J connectivity index is 1.27. The summed E-state index contributed by atoms with van der Waals surface area (Å²) in [6.07, 6.45) is 1.81. The Morgan fingerprint density at radius 2 is 1.80 bits per heavy atom. The van der Waals surface area contributed by atoms with E-state index in [1.807, 2.05) is 12.1 Å². The number of fused-ring (bicyclic) bond motifs is 1. The third kappa shape index (κ3) is 3.55. The molecule has 1 aromatic heterocycles. The van der Waals surface area contributed by atoms with E-state index >= 15 is 0 Å². The summed E-state index contributed by atoms with van der Waals surface area (Å²) >= 11 is 0. The molecule has 1 aromatic carbocycles. The minimum Gasteiger partial charge on any atom is -0.369 e. The Morgan fingerprint density at radius 3 is 2.50 bits per heavy atom. The summed E-state index contributed by atoms with van der Waals surface area (Å²) < 4.78 is 26.2. The average molecular weight is 417 g/mol. The fourth-order valence-electron chi connectivity index (χ4n) is 4.69. The fourth-order valence-corrected chi connectivity index (χ4v) is 4.69. The van der Waals surface area contributed by atoms with Gasteiger partial charge in [0.1, 0.15) is 0 Å². The van der Waals surface area contributed by atoms with Crippen LogP contribution in [0.5, 0.6) is 0 Å². The summed E-state index contributed by atoms with van der Waals surface area (Å²) in [5.41, 5.74) is 1.02. The number of carbonyl (C=O) groups excluding carboxylic acids is 1. The first-order valence-corrected chi connectivity index (χ1v) is 10.6. The fraction of sp³-hybridized carbons (Fsp3) is 0.571. The van der Waals surface area contributed by atoms with Gasteiger partial charge in [-0.25, -0.2) is 13.8 Å². The number of carbonyl (C=O) groups is 1. The van der Waals surface area contributed by atoms with E-state index in [2.05, 4.69) is 19.7 Å². The van der Waals surface area contributed by atoms with E-state index in [-0.39, 0.29) is 6.04 Å². The van der Waals surface area contributed by atoms with Crippen molar-refractivity contribution < 1.29 is 13.6 Å². The van der Waals surface area contributed by atoms with Crippen LogP contribution < -0.4 is 10.5 Å². The number of alkyl halides is 2. The summed E-state index contributed by atoms with van der Waals surface area (Å²) in [7, 11) is 0. The van der Waals surface area contributed by atoms with Gasteiger partial charge >= 0.3 is 0 Å². The van der Waals surface area contributed by atoms with Crippen molar-refractivity contribution in [3.8, 4) is 0 Å². The molecular formula is C21H25F2N5O2. The molecule has 7 nitrogen and oxygen atoms in total. The van der Waals surface area contributed by atoms with Crippen LogP contribution >= 0.6 is 0 Å². The molecule has 1 unspecified atom stereocenters. The van der Waals surface area contributed by atoms with Crippen molar-refractivity contribution in [1.82, 2.24) is 19.4 Å². The topological polar surface area (TPSA) is 61.7 Å². The maximum Gasteiger partial charge on any atom is 0.261 e. The molecule has 0 bridgehead atoms. The zero-order valence-corrected chi connectivity index (χ0v) is 16.7. The summed E-state index contributed by atoms with van der Waals surface area (Å²) in [4.78, 5) is 35.9. The molecule has 2 saturated heterocycles. The molecule has 5 rings (SSSR count). The summed E-state index contributed by atoms with van der Waals surface area (Å²) in [6.45, 7) is 3.45. The van der Waals surface area contributed by atoms with Gasteiger partial charge in [-0.3, -0.25) is 19.1 Å². The van der Waals surface area contributed by atoms with Crippen LogP contribution in [-0.4, -0.2) is 76.5 Å². The number of anilines is 1. The molecule has 1 atom stereocenters. The number of hydrogen-bond donors (Lipinski definition) is 0. The van der Waals surface area contributed by atoms with Crippen LogP contribution in [0.1, 0.15) is 19.3 Å². The van der Waals surface area contributed by atoms with Gasteiger partial charge in [0.25, 0.3) is 12.0 Å². The van der Waals surface area contributed by atoms with Crippen molar-refractivity contribution in [2.24, 2.45) is 0 Å². The molecule has 30 heavy (non-hydrogen) atoms. The monoisotopic (exact) mass is 417 g/mol. The van der Waals surface area contributed by atoms with Crippen molar-refractivity contribution in [2.45, 2.75) is 44.3 Å². The van der Waals surface area contributed by atoms with Gasteiger partial charge in [-0.1, -0.05) is 0 Å². The molecule has 3 heterocycles.